The number of ether oxygens (including phenoxy) is 1. The maximum atomic E-state index is 12.4. The number of hydrogen-bond acceptors (Lipinski definition) is 6. The number of nitro groups is 1. The number of carbonyl (C=O) groups excluding carboxylic acids is 1. The van der Waals surface area contributed by atoms with E-state index in [0.717, 1.165) is 55.6 Å². The molecule has 1 aliphatic heterocycles. The molecule has 1 saturated heterocycles. The molecule has 0 saturated carbocycles. The van der Waals surface area contributed by atoms with E-state index in [-0.39, 0.29) is 22.0 Å². The summed E-state index contributed by atoms with van der Waals surface area (Å²) in [6.45, 7) is 9.05. The second kappa shape index (κ2) is 7.09. The van der Waals surface area contributed by atoms with Gasteiger partial charge in [0, 0.05) is 24.3 Å². The highest BCUT2D eigenvalue weighted by molar-refractivity contribution is 5.72. The lowest BCUT2D eigenvalue weighted by molar-refractivity contribution is -0.384. The number of hydrogen-bond donors (Lipinski definition) is 0. The average Bonchev–Trinajstić information content (AvgIpc) is 2.99. The number of esters is 1. The number of rotatable bonds is 4. The van der Waals surface area contributed by atoms with Crippen LogP contribution < -0.4 is 4.90 Å². The molecule has 1 unspecified atom stereocenters. The predicted molar refractivity (Wildman–Crippen MR) is 103 cm³/mol. The largest absolute Gasteiger partial charge is 0.460 e. The summed E-state index contributed by atoms with van der Waals surface area (Å²) in [7, 11) is 0. The molecule has 0 aromatic carbocycles. The summed E-state index contributed by atoms with van der Waals surface area (Å²) in [6, 6.07) is 0. The molecule has 1 fully saturated rings. The second-order valence-electron chi connectivity index (χ2n) is 9.13. The van der Waals surface area contributed by atoms with E-state index >= 15 is 0 Å². The summed E-state index contributed by atoms with van der Waals surface area (Å²) in [5.74, 6) is -0.207. The molecule has 2 aliphatic rings. The standard InChI is InChI=1S/C20H29N3O4/c1-19(2,3)27-17(24)11-20(4)9-6-10-22(13-20)18-14-7-5-8-15(14)21-12-16(18)23(25)26/h12H,5-11,13H2,1-4H3. The van der Waals surface area contributed by atoms with Crippen LogP contribution in [-0.2, 0) is 22.4 Å². The zero-order valence-corrected chi connectivity index (χ0v) is 16.7. The Morgan fingerprint density at radius 1 is 1.37 bits per heavy atom. The van der Waals surface area contributed by atoms with E-state index in [4.69, 9.17) is 4.74 Å². The van der Waals surface area contributed by atoms with Crippen LogP contribution in [0.15, 0.2) is 6.20 Å². The molecular weight excluding hydrogens is 346 g/mol. The Morgan fingerprint density at radius 2 is 2.11 bits per heavy atom. The van der Waals surface area contributed by atoms with Gasteiger partial charge in [0.05, 0.1) is 11.3 Å². The van der Waals surface area contributed by atoms with Gasteiger partial charge in [0.2, 0.25) is 0 Å². The van der Waals surface area contributed by atoms with Crippen LogP contribution in [-0.4, -0.2) is 34.6 Å². The predicted octanol–water partition coefficient (Wildman–Crippen LogP) is 3.82. The molecule has 0 N–H and O–H groups in total. The highest BCUT2D eigenvalue weighted by atomic mass is 16.6. The van der Waals surface area contributed by atoms with Crippen molar-refractivity contribution in [3.8, 4) is 0 Å². The van der Waals surface area contributed by atoms with Gasteiger partial charge in [-0.2, -0.15) is 0 Å². The van der Waals surface area contributed by atoms with E-state index < -0.39 is 5.60 Å². The number of anilines is 1. The summed E-state index contributed by atoms with van der Waals surface area (Å²) in [4.78, 5) is 30.1. The molecule has 148 valence electrons. The molecule has 3 rings (SSSR count). The third kappa shape index (κ3) is 4.39. The van der Waals surface area contributed by atoms with Gasteiger partial charge in [-0.15, -0.1) is 0 Å². The van der Waals surface area contributed by atoms with Crippen LogP contribution in [0.25, 0.3) is 0 Å². The molecule has 1 aromatic rings. The minimum atomic E-state index is -0.507. The summed E-state index contributed by atoms with van der Waals surface area (Å²) in [5, 5.41) is 11.6. The third-order valence-electron chi connectivity index (χ3n) is 5.34. The average molecular weight is 375 g/mol. The van der Waals surface area contributed by atoms with Crippen LogP contribution >= 0.6 is 0 Å². The zero-order chi connectivity index (χ0) is 19.8. The lowest BCUT2D eigenvalue weighted by Crippen LogP contribution is -2.44. The molecule has 7 heteroatoms. The van der Waals surface area contributed by atoms with Gasteiger partial charge < -0.3 is 9.64 Å². The molecule has 0 radical (unpaired) electrons. The molecule has 1 atom stereocenters. The van der Waals surface area contributed by atoms with E-state index in [1.807, 2.05) is 20.8 Å². The van der Waals surface area contributed by atoms with E-state index in [1.54, 1.807) is 0 Å². The Hall–Kier alpha value is -2.18. The highest BCUT2D eigenvalue weighted by Gasteiger charge is 2.38. The minimum absolute atomic E-state index is 0.0807. The van der Waals surface area contributed by atoms with Crippen LogP contribution in [0.2, 0.25) is 0 Å². The van der Waals surface area contributed by atoms with Gasteiger partial charge in [-0.05, 0) is 58.3 Å². The number of pyridine rings is 1. The number of piperidine rings is 1. The van der Waals surface area contributed by atoms with Crippen molar-refractivity contribution < 1.29 is 14.5 Å². The SMILES string of the molecule is CC1(CC(=O)OC(C)(C)C)CCCN(c2c([N+](=O)[O-])cnc3c2CCC3)C1. The minimum Gasteiger partial charge on any atom is -0.460 e. The smallest absolute Gasteiger partial charge is 0.310 e. The molecule has 1 aliphatic carbocycles. The maximum Gasteiger partial charge on any atom is 0.310 e. The fourth-order valence-electron chi connectivity index (χ4n) is 4.34. The first-order chi connectivity index (χ1) is 12.6. The Balaban J connectivity index is 1.86. The third-order valence-corrected chi connectivity index (χ3v) is 5.34. The molecule has 0 amide bonds. The van der Waals surface area contributed by atoms with Crippen molar-refractivity contribution in [2.75, 3.05) is 18.0 Å². The van der Waals surface area contributed by atoms with Crippen LogP contribution in [0.3, 0.4) is 0 Å². The molecular formula is C20H29N3O4. The van der Waals surface area contributed by atoms with E-state index in [2.05, 4.69) is 16.8 Å². The normalized spacial score (nSPS) is 22.4. The van der Waals surface area contributed by atoms with Gasteiger partial charge in [0.15, 0.2) is 0 Å². The molecule has 0 bridgehead atoms. The molecule has 0 spiro atoms. The first-order valence-electron chi connectivity index (χ1n) is 9.70. The van der Waals surface area contributed by atoms with Crippen molar-refractivity contribution >= 4 is 17.3 Å². The number of nitrogens with zero attached hydrogens (tertiary/aromatic N) is 3. The quantitative estimate of drug-likeness (QED) is 0.452. The Labute approximate surface area is 160 Å². The van der Waals surface area contributed by atoms with Gasteiger partial charge in [-0.3, -0.25) is 19.9 Å². The van der Waals surface area contributed by atoms with Crippen molar-refractivity contribution in [3.05, 3.63) is 27.6 Å². The van der Waals surface area contributed by atoms with Crippen molar-refractivity contribution in [1.29, 1.82) is 0 Å². The van der Waals surface area contributed by atoms with Crippen molar-refractivity contribution in [3.63, 3.8) is 0 Å². The molecule has 27 heavy (non-hydrogen) atoms. The first kappa shape index (κ1) is 19.6. The monoisotopic (exact) mass is 375 g/mol. The lowest BCUT2D eigenvalue weighted by Gasteiger charge is -2.41. The fraction of sp³-hybridized carbons (Fsp3) is 0.700. The number of carbonyl (C=O) groups is 1. The van der Waals surface area contributed by atoms with Crippen LogP contribution in [0.5, 0.6) is 0 Å². The molecule has 7 nitrogen and oxygen atoms in total. The van der Waals surface area contributed by atoms with E-state index in [0.29, 0.717) is 13.0 Å². The summed E-state index contributed by atoms with van der Waals surface area (Å²) in [6.07, 6.45) is 6.22. The summed E-state index contributed by atoms with van der Waals surface area (Å²) >= 11 is 0. The number of fused-ring (bicyclic) bond motifs is 1. The van der Waals surface area contributed by atoms with Gasteiger partial charge >= 0.3 is 11.7 Å². The van der Waals surface area contributed by atoms with Crippen molar-refractivity contribution in [2.24, 2.45) is 5.41 Å². The lowest BCUT2D eigenvalue weighted by atomic mass is 9.78. The maximum absolute atomic E-state index is 12.4. The van der Waals surface area contributed by atoms with Gasteiger partial charge in [-0.1, -0.05) is 6.92 Å². The Kier molecular flexibility index (Phi) is 5.14. The van der Waals surface area contributed by atoms with Gasteiger partial charge in [0.1, 0.15) is 17.5 Å². The van der Waals surface area contributed by atoms with Crippen LogP contribution in [0, 0.1) is 15.5 Å². The molecule has 1 aromatic heterocycles. The topological polar surface area (TPSA) is 85.6 Å². The van der Waals surface area contributed by atoms with Gasteiger partial charge in [0.25, 0.3) is 0 Å². The van der Waals surface area contributed by atoms with Crippen molar-refractivity contribution in [1.82, 2.24) is 4.98 Å². The van der Waals surface area contributed by atoms with Gasteiger partial charge in [-0.25, -0.2) is 0 Å². The second-order valence-corrected chi connectivity index (χ2v) is 9.13. The van der Waals surface area contributed by atoms with E-state index in [1.165, 1.54) is 6.20 Å². The van der Waals surface area contributed by atoms with E-state index in [9.17, 15) is 14.9 Å². The first-order valence-corrected chi connectivity index (χ1v) is 9.70. The summed E-state index contributed by atoms with van der Waals surface area (Å²) in [5.41, 5.74) is 2.03. The molecule has 2 heterocycles. The zero-order valence-electron chi connectivity index (χ0n) is 16.7. The van der Waals surface area contributed by atoms with Crippen LogP contribution in [0.1, 0.15) is 64.6 Å². The Morgan fingerprint density at radius 3 is 2.78 bits per heavy atom. The van der Waals surface area contributed by atoms with Crippen molar-refractivity contribution in [2.45, 2.75) is 71.8 Å². The highest BCUT2D eigenvalue weighted by Crippen LogP contribution is 2.42. The summed E-state index contributed by atoms with van der Waals surface area (Å²) < 4.78 is 5.51. The van der Waals surface area contributed by atoms with Crippen LogP contribution in [0.4, 0.5) is 11.4 Å². The Bertz CT molecular complexity index is 756. The number of aryl methyl sites for hydroxylation is 1. The number of aromatic nitrogens is 1. The fourth-order valence-corrected chi connectivity index (χ4v) is 4.34.